The highest BCUT2D eigenvalue weighted by Crippen LogP contribution is 2.12. The fraction of sp³-hybridized carbons (Fsp3) is 0. The van der Waals surface area contributed by atoms with Crippen LogP contribution >= 0.6 is 0 Å². The van der Waals surface area contributed by atoms with Gasteiger partial charge in [0.05, 0.1) is 11.1 Å². The van der Waals surface area contributed by atoms with Crippen molar-refractivity contribution in [2.24, 2.45) is 5.10 Å². The van der Waals surface area contributed by atoms with Crippen LogP contribution in [0.4, 0.5) is 5.69 Å². The Hall–Kier alpha value is -3.05. The number of nitro groups is 1. The fourth-order valence-electron chi connectivity index (χ4n) is 1.50. The van der Waals surface area contributed by atoms with Gasteiger partial charge < -0.3 is 4.42 Å². The molecule has 11 heteroatoms. The van der Waals surface area contributed by atoms with Gasteiger partial charge >= 0.3 is 10.1 Å². The molecule has 2 rings (SSSR count). The molecule has 23 heavy (non-hydrogen) atoms. The summed E-state index contributed by atoms with van der Waals surface area (Å²) >= 11 is 0. The molecular formula is C12H9N3O7S. The van der Waals surface area contributed by atoms with E-state index in [4.69, 9.17) is 8.97 Å². The largest absolute Gasteiger partial charge is 0.441 e. The Morgan fingerprint density at radius 1 is 1.26 bits per heavy atom. The molecule has 0 saturated heterocycles. The summed E-state index contributed by atoms with van der Waals surface area (Å²) in [6, 6.07) is 7.10. The van der Waals surface area contributed by atoms with Gasteiger partial charge in [-0.2, -0.15) is 13.5 Å². The average molecular weight is 339 g/mol. The van der Waals surface area contributed by atoms with Crippen molar-refractivity contribution in [3.63, 3.8) is 0 Å². The average Bonchev–Trinajstić information content (AvgIpc) is 2.96. The SMILES string of the molecule is O=C(NN=Cc1ccc(S(=O)(=O)O)o1)c1ccc([N+](=O)[O-])cc1. The predicted octanol–water partition coefficient (Wildman–Crippen LogP) is 1.20. The Kier molecular flexibility index (Phi) is 4.52. The summed E-state index contributed by atoms with van der Waals surface area (Å²) in [5.41, 5.74) is 2.12. The van der Waals surface area contributed by atoms with Crippen molar-refractivity contribution in [1.29, 1.82) is 0 Å². The number of amides is 1. The standard InChI is InChI=1S/C12H9N3O7S/c16-12(8-1-3-9(4-2-8)15(17)18)14-13-7-10-5-6-11(22-10)23(19,20)21/h1-7H,(H,14,16)(H,19,20,21). The Bertz CT molecular complexity index is 868. The number of carbonyl (C=O) groups excluding carboxylic acids is 1. The summed E-state index contributed by atoms with van der Waals surface area (Å²) in [5, 5.41) is 13.4. The molecule has 0 saturated carbocycles. The van der Waals surface area contributed by atoms with Crippen molar-refractivity contribution in [3.8, 4) is 0 Å². The molecule has 0 atom stereocenters. The summed E-state index contributed by atoms with van der Waals surface area (Å²) in [6.07, 6.45) is 1.03. The van der Waals surface area contributed by atoms with Crippen molar-refractivity contribution in [1.82, 2.24) is 5.43 Å². The molecule has 0 fully saturated rings. The van der Waals surface area contributed by atoms with E-state index < -0.39 is 26.0 Å². The topological polar surface area (TPSA) is 152 Å². The first kappa shape index (κ1) is 16.3. The minimum absolute atomic E-state index is 0.0124. The molecule has 0 spiro atoms. The molecule has 10 nitrogen and oxygen atoms in total. The maximum absolute atomic E-state index is 11.7. The first-order chi connectivity index (χ1) is 10.8. The molecule has 0 unspecified atom stereocenters. The van der Waals surface area contributed by atoms with Gasteiger partial charge in [-0.15, -0.1) is 0 Å². The molecule has 0 aliphatic heterocycles. The first-order valence-electron chi connectivity index (χ1n) is 5.92. The van der Waals surface area contributed by atoms with Crippen molar-refractivity contribution in [2.45, 2.75) is 5.09 Å². The zero-order chi connectivity index (χ0) is 17.0. The minimum Gasteiger partial charge on any atom is -0.441 e. The second-order valence-corrected chi connectivity index (χ2v) is 5.49. The van der Waals surface area contributed by atoms with Gasteiger partial charge in [0.1, 0.15) is 5.76 Å². The number of nitro benzene ring substituents is 1. The van der Waals surface area contributed by atoms with E-state index in [9.17, 15) is 23.3 Å². The number of nitrogens with one attached hydrogen (secondary N) is 1. The van der Waals surface area contributed by atoms with Crippen LogP contribution in [0.3, 0.4) is 0 Å². The van der Waals surface area contributed by atoms with Crippen LogP contribution in [-0.2, 0) is 10.1 Å². The Labute approximate surface area is 129 Å². The van der Waals surface area contributed by atoms with Crippen molar-refractivity contribution in [2.75, 3.05) is 0 Å². The van der Waals surface area contributed by atoms with Gasteiger partial charge in [0.25, 0.3) is 11.6 Å². The van der Waals surface area contributed by atoms with E-state index in [1.165, 1.54) is 30.3 Å². The lowest BCUT2D eigenvalue weighted by molar-refractivity contribution is -0.384. The molecule has 1 aromatic carbocycles. The summed E-state index contributed by atoms with van der Waals surface area (Å²) < 4.78 is 35.1. The van der Waals surface area contributed by atoms with Crippen LogP contribution in [0, 0.1) is 10.1 Å². The molecule has 0 bridgehead atoms. The minimum atomic E-state index is -4.45. The third-order valence-electron chi connectivity index (χ3n) is 2.55. The Morgan fingerprint density at radius 3 is 2.43 bits per heavy atom. The number of hydrogen-bond donors (Lipinski definition) is 2. The quantitative estimate of drug-likeness (QED) is 0.359. The Morgan fingerprint density at radius 2 is 1.91 bits per heavy atom. The molecule has 0 aliphatic rings. The highest BCUT2D eigenvalue weighted by atomic mass is 32.2. The Balaban J connectivity index is 2.01. The maximum Gasteiger partial charge on any atom is 0.328 e. The normalized spacial score (nSPS) is 11.5. The molecule has 2 N–H and O–H groups in total. The highest BCUT2D eigenvalue weighted by molar-refractivity contribution is 7.85. The fourth-order valence-corrected chi connectivity index (χ4v) is 1.94. The number of benzene rings is 1. The molecule has 0 aliphatic carbocycles. The van der Waals surface area contributed by atoms with Gasteiger partial charge in [-0.3, -0.25) is 19.5 Å². The monoisotopic (exact) mass is 339 g/mol. The van der Waals surface area contributed by atoms with Gasteiger partial charge in [0.15, 0.2) is 0 Å². The van der Waals surface area contributed by atoms with E-state index in [0.29, 0.717) is 0 Å². The van der Waals surface area contributed by atoms with Crippen LogP contribution < -0.4 is 5.43 Å². The molecule has 0 radical (unpaired) electrons. The highest BCUT2D eigenvalue weighted by Gasteiger charge is 2.14. The molecule has 2 aromatic rings. The number of non-ortho nitro benzene ring substituents is 1. The zero-order valence-electron chi connectivity index (χ0n) is 11.2. The molecule has 1 aromatic heterocycles. The molecule has 1 amide bonds. The number of hydrogen-bond acceptors (Lipinski definition) is 7. The van der Waals surface area contributed by atoms with Crippen LogP contribution in [0.2, 0.25) is 0 Å². The van der Waals surface area contributed by atoms with E-state index in [2.05, 4.69) is 10.5 Å². The van der Waals surface area contributed by atoms with Crippen LogP contribution in [0.5, 0.6) is 0 Å². The summed E-state index contributed by atoms with van der Waals surface area (Å²) in [7, 11) is -4.45. The first-order valence-corrected chi connectivity index (χ1v) is 7.36. The number of nitrogens with zero attached hydrogens (tertiary/aromatic N) is 2. The lowest BCUT2D eigenvalue weighted by Gasteiger charge is -1.98. The van der Waals surface area contributed by atoms with Crippen molar-refractivity contribution < 1.29 is 27.1 Å². The second kappa shape index (κ2) is 6.37. The van der Waals surface area contributed by atoms with Crippen LogP contribution in [0.1, 0.15) is 16.1 Å². The van der Waals surface area contributed by atoms with E-state index in [0.717, 1.165) is 12.3 Å². The summed E-state index contributed by atoms with van der Waals surface area (Å²) in [5.74, 6) is -0.640. The summed E-state index contributed by atoms with van der Waals surface area (Å²) in [4.78, 5) is 21.6. The van der Waals surface area contributed by atoms with E-state index in [1.807, 2.05) is 0 Å². The smallest absolute Gasteiger partial charge is 0.328 e. The second-order valence-electron chi connectivity index (χ2n) is 4.13. The lowest BCUT2D eigenvalue weighted by Crippen LogP contribution is -2.17. The third kappa shape index (κ3) is 4.21. The predicted molar refractivity (Wildman–Crippen MR) is 76.7 cm³/mol. The number of carbonyl (C=O) groups is 1. The van der Waals surface area contributed by atoms with E-state index >= 15 is 0 Å². The number of hydrazone groups is 1. The van der Waals surface area contributed by atoms with Gasteiger partial charge in [-0.1, -0.05) is 0 Å². The lowest BCUT2D eigenvalue weighted by atomic mass is 10.2. The molecular weight excluding hydrogens is 330 g/mol. The number of rotatable bonds is 5. The zero-order valence-corrected chi connectivity index (χ0v) is 12.1. The van der Waals surface area contributed by atoms with Crippen LogP contribution in [0.25, 0.3) is 0 Å². The van der Waals surface area contributed by atoms with Crippen LogP contribution in [-0.4, -0.2) is 30.0 Å². The van der Waals surface area contributed by atoms with Gasteiger partial charge in [-0.05, 0) is 24.3 Å². The van der Waals surface area contributed by atoms with Gasteiger partial charge in [0.2, 0.25) is 5.09 Å². The maximum atomic E-state index is 11.7. The summed E-state index contributed by atoms with van der Waals surface area (Å²) in [6.45, 7) is 0. The molecule has 120 valence electrons. The van der Waals surface area contributed by atoms with Crippen molar-refractivity contribution >= 4 is 27.9 Å². The van der Waals surface area contributed by atoms with Crippen molar-refractivity contribution in [3.05, 3.63) is 57.8 Å². The number of furan rings is 1. The van der Waals surface area contributed by atoms with E-state index in [-0.39, 0.29) is 17.0 Å². The van der Waals surface area contributed by atoms with Gasteiger partial charge in [0, 0.05) is 17.7 Å². The van der Waals surface area contributed by atoms with Gasteiger partial charge in [-0.25, -0.2) is 5.43 Å². The third-order valence-corrected chi connectivity index (χ3v) is 3.28. The van der Waals surface area contributed by atoms with E-state index in [1.54, 1.807) is 0 Å². The van der Waals surface area contributed by atoms with Crippen LogP contribution in [0.15, 0.2) is 51.0 Å². The molecule has 1 heterocycles.